The van der Waals surface area contributed by atoms with Gasteiger partial charge in [-0.1, -0.05) is 49.6 Å². The Balaban J connectivity index is 2.72. The van der Waals surface area contributed by atoms with Crippen molar-refractivity contribution in [2.24, 2.45) is 5.92 Å². The highest BCUT2D eigenvalue weighted by Gasteiger charge is 2.24. The second-order valence-electron chi connectivity index (χ2n) is 5.26. The Kier molecular flexibility index (Phi) is 6.03. The average Bonchev–Trinajstić information content (AvgIpc) is 2.37. The lowest BCUT2D eigenvalue weighted by Crippen LogP contribution is -2.42. The summed E-state index contributed by atoms with van der Waals surface area (Å²) in [6.45, 7) is 9.01. The van der Waals surface area contributed by atoms with Crippen LogP contribution in [0.4, 0.5) is 0 Å². The lowest BCUT2D eigenvalue weighted by Gasteiger charge is -2.22. The third-order valence-corrected chi connectivity index (χ3v) is 3.48. The molecule has 1 aromatic rings. The summed E-state index contributed by atoms with van der Waals surface area (Å²) >= 11 is 0. The van der Waals surface area contributed by atoms with E-state index in [1.54, 1.807) is 0 Å². The van der Waals surface area contributed by atoms with Gasteiger partial charge in [0.2, 0.25) is 0 Å². The fourth-order valence-corrected chi connectivity index (χ4v) is 2.28. The first-order valence-electron chi connectivity index (χ1n) is 6.86. The molecule has 0 aliphatic carbocycles. The van der Waals surface area contributed by atoms with E-state index in [9.17, 15) is 4.79 Å². The van der Waals surface area contributed by atoms with Gasteiger partial charge in [-0.15, -0.1) is 0 Å². The van der Waals surface area contributed by atoms with Crippen molar-refractivity contribution in [3.63, 3.8) is 0 Å². The quantitative estimate of drug-likeness (QED) is 0.802. The fourth-order valence-electron chi connectivity index (χ4n) is 2.28. The van der Waals surface area contributed by atoms with E-state index in [-0.39, 0.29) is 17.9 Å². The predicted molar refractivity (Wildman–Crippen MR) is 78.0 cm³/mol. The van der Waals surface area contributed by atoms with Crippen LogP contribution in [0.15, 0.2) is 18.2 Å². The van der Waals surface area contributed by atoms with Crippen molar-refractivity contribution < 1.29 is 9.53 Å². The first-order chi connectivity index (χ1) is 8.97. The highest BCUT2D eigenvalue weighted by atomic mass is 16.5. The van der Waals surface area contributed by atoms with Gasteiger partial charge in [-0.3, -0.25) is 4.79 Å². The number of rotatable bonds is 6. The molecule has 3 heteroatoms. The number of methoxy groups -OCH3 is 1. The molecule has 0 aromatic heterocycles. The molecule has 0 radical (unpaired) electrons. The highest BCUT2D eigenvalue weighted by molar-refractivity contribution is 5.75. The van der Waals surface area contributed by atoms with E-state index < -0.39 is 0 Å². The molecule has 1 rings (SSSR count). The summed E-state index contributed by atoms with van der Waals surface area (Å²) in [5.41, 5.74) is 3.69. The van der Waals surface area contributed by atoms with E-state index in [1.807, 2.05) is 0 Å². The Hall–Kier alpha value is -1.35. The van der Waals surface area contributed by atoms with Crippen molar-refractivity contribution in [2.75, 3.05) is 7.11 Å². The van der Waals surface area contributed by atoms with Crippen LogP contribution in [0.3, 0.4) is 0 Å². The molecule has 2 atom stereocenters. The van der Waals surface area contributed by atoms with Crippen molar-refractivity contribution in [2.45, 2.75) is 46.7 Å². The summed E-state index contributed by atoms with van der Waals surface area (Å²) in [6, 6.07) is 6.20. The maximum atomic E-state index is 11.8. The van der Waals surface area contributed by atoms with Crippen LogP contribution >= 0.6 is 0 Å². The Labute approximate surface area is 116 Å². The molecule has 0 saturated heterocycles. The Morgan fingerprint density at radius 3 is 2.32 bits per heavy atom. The number of ether oxygens (including phenoxy) is 1. The molecule has 0 aliphatic rings. The standard InChI is InChI=1S/C16H25NO2/c1-6-13(4)15(16(18)19-5)17-10-14-8-11(2)7-12(3)9-14/h7-9,13,15,17H,6,10H2,1-5H3. The van der Waals surface area contributed by atoms with Crippen LogP contribution in [0, 0.1) is 19.8 Å². The summed E-state index contributed by atoms with van der Waals surface area (Å²) in [7, 11) is 1.44. The van der Waals surface area contributed by atoms with Crippen LogP contribution in [0.5, 0.6) is 0 Å². The van der Waals surface area contributed by atoms with E-state index in [2.05, 4.69) is 51.2 Å². The van der Waals surface area contributed by atoms with Gasteiger partial charge in [0.25, 0.3) is 0 Å². The molecule has 0 spiro atoms. The van der Waals surface area contributed by atoms with E-state index in [1.165, 1.54) is 23.8 Å². The molecule has 1 N–H and O–H groups in total. The third-order valence-electron chi connectivity index (χ3n) is 3.48. The van der Waals surface area contributed by atoms with E-state index in [0.717, 1.165) is 6.42 Å². The van der Waals surface area contributed by atoms with Crippen molar-refractivity contribution in [3.05, 3.63) is 34.9 Å². The maximum absolute atomic E-state index is 11.8. The zero-order valence-electron chi connectivity index (χ0n) is 12.6. The molecule has 106 valence electrons. The normalized spacial score (nSPS) is 13.9. The molecule has 0 saturated carbocycles. The third kappa shape index (κ3) is 4.67. The van der Waals surface area contributed by atoms with Gasteiger partial charge in [-0.05, 0) is 25.3 Å². The summed E-state index contributed by atoms with van der Waals surface area (Å²) in [5.74, 6) is 0.0806. The number of carbonyl (C=O) groups is 1. The monoisotopic (exact) mass is 263 g/mol. The Bertz CT molecular complexity index is 409. The molecule has 0 bridgehead atoms. The molecular weight excluding hydrogens is 238 g/mol. The van der Waals surface area contributed by atoms with Crippen molar-refractivity contribution in [1.82, 2.24) is 5.32 Å². The maximum Gasteiger partial charge on any atom is 0.323 e. The fraction of sp³-hybridized carbons (Fsp3) is 0.562. The van der Waals surface area contributed by atoms with E-state index in [0.29, 0.717) is 6.54 Å². The zero-order valence-corrected chi connectivity index (χ0v) is 12.6. The molecule has 0 aliphatic heterocycles. The number of benzene rings is 1. The number of hydrogen-bond donors (Lipinski definition) is 1. The van der Waals surface area contributed by atoms with Gasteiger partial charge < -0.3 is 10.1 Å². The first-order valence-corrected chi connectivity index (χ1v) is 6.86. The van der Waals surface area contributed by atoms with Crippen molar-refractivity contribution in [1.29, 1.82) is 0 Å². The summed E-state index contributed by atoms with van der Waals surface area (Å²) in [4.78, 5) is 11.8. The van der Waals surface area contributed by atoms with Gasteiger partial charge in [0.05, 0.1) is 7.11 Å². The molecule has 2 unspecified atom stereocenters. The van der Waals surface area contributed by atoms with Gasteiger partial charge in [0.15, 0.2) is 0 Å². The molecule has 3 nitrogen and oxygen atoms in total. The van der Waals surface area contributed by atoms with Gasteiger partial charge in [-0.25, -0.2) is 0 Å². The Morgan fingerprint density at radius 1 is 1.26 bits per heavy atom. The number of aryl methyl sites for hydroxylation is 2. The summed E-state index contributed by atoms with van der Waals surface area (Å²) < 4.78 is 4.87. The molecular formula is C16H25NO2. The number of hydrogen-bond acceptors (Lipinski definition) is 3. The molecule has 0 amide bonds. The minimum Gasteiger partial charge on any atom is -0.468 e. The minimum atomic E-state index is -0.240. The zero-order chi connectivity index (χ0) is 14.4. The lowest BCUT2D eigenvalue weighted by atomic mass is 9.98. The van der Waals surface area contributed by atoms with Crippen LogP contribution < -0.4 is 5.32 Å². The molecule has 19 heavy (non-hydrogen) atoms. The van der Waals surface area contributed by atoms with Crippen LogP contribution in [0.2, 0.25) is 0 Å². The predicted octanol–water partition coefficient (Wildman–Crippen LogP) is 2.98. The average molecular weight is 263 g/mol. The second-order valence-corrected chi connectivity index (χ2v) is 5.26. The van der Waals surface area contributed by atoms with Crippen molar-refractivity contribution in [3.8, 4) is 0 Å². The topological polar surface area (TPSA) is 38.3 Å². The van der Waals surface area contributed by atoms with Gasteiger partial charge in [-0.2, -0.15) is 0 Å². The van der Waals surface area contributed by atoms with Crippen LogP contribution in [-0.4, -0.2) is 19.1 Å². The Morgan fingerprint density at radius 2 is 1.84 bits per heavy atom. The summed E-state index contributed by atoms with van der Waals surface area (Å²) in [6.07, 6.45) is 0.944. The second kappa shape index (κ2) is 7.29. The number of nitrogens with one attached hydrogen (secondary N) is 1. The molecule has 1 aromatic carbocycles. The van der Waals surface area contributed by atoms with E-state index in [4.69, 9.17) is 4.74 Å². The molecule has 0 heterocycles. The van der Waals surface area contributed by atoms with Gasteiger partial charge >= 0.3 is 5.97 Å². The smallest absolute Gasteiger partial charge is 0.323 e. The lowest BCUT2D eigenvalue weighted by molar-refractivity contribution is -0.144. The van der Waals surface area contributed by atoms with Crippen LogP contribution in [-0.2, 0) is 16.1 Å². The summed E-state index contributed by atoms with van der Waals surface area (Å²) in [5, 5.41) is 3.32. The van der Waals surface area contributed by atoms with Gasteiger partial charge in [0, 0.05) is 6.54 Å². The first kappa shape index (κ1) is 15.7. The van der Waals surface area contributed by atoms with Gasteiger partial charge in [0.1, 0.15) is 6.04 Å². The number of esters is 1. The van der Waals surface area contributed by atoms with E-state index >= 15 is 0 Å². The minimum absolute atomic E-state index is 0.182. The largest absolute Gasteiger partial charge is 0.468 e. The number of carbonyl (C=O) groups excluding carboxylic acids is 1. The van der Waals surface area contributed by atoms with Crippen LogP contribution in [0.1, 0.15) is 37.0 Å². The SMILES string of the molecule is CCC(C)C(NCc1cc(C)cc(C)c1)C(=O)OC. The van der Waals surface area contributed by atoms with Crippen LogP contribution in [0.25, 0.3) is 0 Å². The van der Waals surface area contributed by atoms with Crippen molar-refractivity contribution >= 4 is 5.97 Å². The molecule has 0 fully saturated rings. The highest BCUT2D eigenvalue weighted by Crippen LogP contribution is 2.12.